The lowest BCUT2D eigenvalue weighted by molar-refractivity contribution is -0.123. The summed E-state index contributed by atoms with van der Waals surface area (Å²) in [4.78, 5) is 34.5. The standard InChI is InChI=1S/C16H7Cl6NO4/c17-9-10(18)15(20)8-7(14(9,19)16(15,21)22)11(24)23(12(8)25)6-3-1-2-5(4-6)13(26)27/h1-4,7-8H,(H,26,27)/t7-,8-,14+,15+/m0/s1. The van der Waals surface area contributed by atoms with E-state index in [-0.39, 0.29) is 21.3 Å². The van der Waals surface area contributed by atoms with Crippen LogP contribution in [-0.2, 0) is 9.59 Å². The van der Waals surface area contributed by atoms with Crippen LogP contribution < -0.4 is 4.90 Å². The van der Waals surface area contributed by atoms with E-state index in [9.17, 15) is 14.4 Å². The van der Waals surface area contributed by atoms with Crippen molar-refractivity contribution in [3.63, 3.8) is 0 Å². The smallest absolute Gasteiger partial charge is 0.335 e. The molecule has 0 radical (unpaired) electrons. The number of carboxylic acid groups (broad SMARTS) is 1. The number of fused-ring (bicyclic) bond motifs is 5. The van der Waals surface area contributed by atoms with Crippen LogP contribution in [0.15, 0.2) is 34.3 Å². The number of halogens is 6. The van der Waals surface area contributed by atoms with Gasteiger partial charge >= 0.3 is 5.97 Å². The second-order valence-corrected chi connectivity index (χ2v) is 9.72. The summed E-state index contributed by atoms with van der Waals surface area (Å²) >= 11 is 38.4. The average Bonchev–Trinajstić information content (AvgIpc) is 2.99. The van der Waals surface area contributed by atoms with Gasteiger partial charge in [0.15, 0.2) is 4.33 Å². The first kappa shape index (κ1) is 19.6. The molecule has 3 aliphatic rings. The summed E-state index contributed by atoms with van der Waals surface area (Å²) in [6.07, 6.45) is 0. The predicted molar refractivity (Wildman–Crippen MR) is 103 cm³/mol. The van der Waals surface area contributed by atoms with Crippen LogP contribution in [0.5, 0.6) is 0 Å². The van der Waals surface area contributed by atoms with Crippen molar-refractivity contribution < 1.29 is 19.5 Å². The Balaban J connectivity index is 1.89. The predicted octanol–water partition coefficient (Wildman–Crippen LogP) is 4.34. The van der Waals surface area contributed by atoms with Crippen LogP contribution in [0.1, 0.15) is 10.4 Å². The third-order valence-corrected chi connectivity index (χ3v) is 9.52. The Morgan fingerprint density at radius 1 is 0.963 bits per heavy atom. The lowest BCUT2D eigenvalue weighted by Crippen LogP contribution is -2.50. The molecule has 1 saturated heterocycles. The van der Waals surface area contributed by atoms with Gasteiger partial charge in [-0.3, -0.25) is 9.59 Å². The van der Waals surface area contributed by atoms with Crippen LogP contribution in [0.3, 0.4) is 0 Å². The van der Waals surface area contributed by atoms with Gasteiger partial charge in [0.25, 0.3) is 0 Å². The summed E-state index contributed by atoms with van der Waals surface area (Å²) in [7, 11) is 0. The number of imide groups is 1. The number of hydrogen-bond acceptors (Lipinski definition) is 3. The minimum Gasteiger partial charge on any atom is -0.478 e. The fourth-order valence-electron chi connectivity index (χ4n) is 4.03. The van der Waals surface area contributed by atoms with Gasteiger partial charge < -0.3 is 5.11 Å². The number of aromatic carboxylic acids is 1. The largest absolute Gasteiger partial charge is 0.478 e. The van der Waals surface area contributed by atoms with E-state index >= 15 is 0 Å². The van der Waals surface area contributed by atoms with E-state index in [0.29, 0.717) is 0 Å². The average molecular weight is 490 g/mol. The van der Waals surface area contributed by atoms with Gasteiger partial charge in [0, 0.05) is 0 Å². The minimum absolute atomic E-state index is 0.0567. The fourth-order valence-corrected chi connectivity index (χ4v) is 6.96. The Morgan fingerprint density at radius 2 is 1.44 bits per heavy atom. The summed E-state index contributed by atoms with van der Waals surface area (Å²) in [6.45, 7) is 0. The number of benzene rings is 1. The minimum atomic E-state index is -2.01. The van der Waals surface area contributed by atoms with Gasteiger partial charge in [0.2, 0.25) is 11.8 Å². The molecule has 2 fully saturated rings. The first-order valence-electron chi connectivity index (χ1n) is 7.45. The zero-order chi connectivity index (χ0) is 20.1. The molecule has 27 heavy (non-hydrogen) atoms. The zero-order valence-corrected chi connectivity index (χ0v) is 17.4. The molecule has 5 nitrogen and oxygen atoms in total. The molecule has 1 saturated carbocycles. The van der Waals surface area contributed by atoms with Gasteiger partial charge in [0.1, 0.15) is 9.75 Å². The SMILES string of the molecule is O=C(O)c1cccc(N2C(=O)[C@@H]3[C@@H](C2=O)[C@@]2(Cl)C(Cl)=C(Cl)[C@@]3(Cl)C2(Cl)Cl)c1. The first-order valence-corrected chi connectivity index (χ1v) is 9.72. The Bertz CT molecular complexity index is 931. The van der Waals surface area contributed by atoms with Crippen LogP contribution in [0.4, 0.5) is 5.69 Å². The highest BCUT2D eigenvalue weighted by Gasteiger charge is 2.87. The molecule has 2 bridgehead atoms. The van der Waals surface area contributed by atoms with E-state index in [4.69, 9.17) is 74.7 Å². The van der Waals surface area contributed by atoms with Crippen LogP contribution in [-0.4, -0.2) is 37.0 Å². The van der Waals surface area contributed by atoms with E-state index in [0.717, 1.165) is 4.90 Å². The Kier molecular flexibility index (Phi) is 4.13. The van der Waals surface area contributed by atoms with Crippen molar-refractivity contribution in [2.24, 2.45) is 11.8 Å². The van der Waals surface area contributed by atoms with E-state index < -0.39 is 43.7 Å². The van der Waals surface area contributed by atoms with E-state index in [1.54, 1.807) is 0 Å². The van der Waals surface area contributed by atoms with Gasteiger partial charge in [-0.15, -0.1) is 23.2 Å². The van der Waals surface area contributed by atoms with Crippen molar-refractivity contribution in [1.29, 1.82) is 0 Å². The van der Waals surface area contributed by atoms with Gasteiger partial charge in [-0.2, -0.15) is 0 Å². The molecule has 1 heterocycles. The van der Waals surface area contributed by atoms with Crippen LogP contribution in [0, 0.1) is 11.8 Å². The summed E-state index contributed by atoms with van der Waals surface area (Å²) in [5.41, 5.74) is -0.0475. The lowest BCUT2D eigenvalue weighted by atomic mass is 9.84. The van der Waals surface area contributed by atoms with E-state index in [2.05, 4.69) is 0 Å². The molecule has 1 aromatic rings. The molecule has 11 heteroatoms. The Labute approximate surface area is 182 Å². The molecule has 1 aliphatic heterocycles. The molecule has 0 unspecified atom stereocenters. The Hall–Kier alpha value is -0.690. The van der Waals surface area contributed by atoms with Gasteiger partial charge in [-0.25, -0.2) is 9.69 Å². The van der Waals surface area contributed by atoms with Crippen molar-refractivity contribution in [3.8, 4) is 0 Å². The molecule has 1 aromatic carbocycles. The summed E-state index contributed by atoms with van der Waals surface area (Å²) < 4.78 is -2.01. The quantitative estimate of drug-likeness (QED) is 0.495. The van der Waals surface area contributed by atoms with Crippen molar-refractivity contribution in [2.45, 2.75) is 14.1 Å². The number of carboxylic acids is 1. The van der Waals surface area contributed by atoms with Crippen molar-refractivity contribution >= 4 is 93.1 Å². The summed E-state index contributed by atoms with van der Waals surface area (Å²) in [5, 5.41) is 8.78. The summed E-state index contributed by atoms with van der Waals surface area (Å²) in [6, 6.07) is 5.33. The molecule has 2 amide bonds. The molecule has 4 rings (SSSR count). The molecule has 142 valence electrons. The Morgan fingerprint density at radius 3 is 1.89 bits per heavy atom. The zero-order valence-electron chi connectivity index (χ0n) is 12.9. The van der Waals surface area contributed by atoms with Gasteiger partial charge in [-0.1, -0.05) is 52.5 Å². The number of amides is 2. The van der Waals surface area contributed by atoms with Crippen LogP contribution in [0.25, 0.3) is 0 Å². The second-order valence-electron chi connectivity index (χ2n) is 6.45. The molecule has 2 aliphatic carbocycles. The third kappa shape index (κ3) is 1.98. The molecular weight excluding hydrogens is 483 g/mol. The first-order chi connectivity index (χ1) is 12.4. The molecule has 0 spiro atoms. The van der Waals surface area contributed by atoms with Crippen LogP contribution >= 0.6 is 69.6 Å². The highest BCUT2D eigenvalue weighted by Crippen LogP contribution is 2.77. The molecule has 1 N–H and O–H groups in total. The van der Waals surface area contributed by atoms with E-state index in [1.165, 1.54) is 24.3 Å². The number of allylic oxidation sites excluding steroid dienone is 2. The number of alkyl halides is 4. The third-order valence-electron chi connectivity index (χ3n) is 5.26. The van der Waals surface area contributed by atoms with Gasteiger partial charge in [0.05, 0.1) is 33.2 Å². The van der Waals surface area contributed by atoms with Crippen LogP contribution in [0.2, 0.25) is 0 Å². The van der Waals surface area contributed by atoms with Gasteiger partial charge in [-0.05, 0) is 18.2 Å². The number of anilines is 1. The number of rotatable bonds is 2. The maximum Gasteiger partial charge on any atom is 0.335 e. The lowest BCUT2D eigenvalue weighted by Gasteiger charge is -2.34. The number of carbonyl (C=O) groups is 3. The number of hydrogen-bond donors (Lipinski definition) is 1. The topological polar surface area (TPSA) is 74.7 Å². The molecule has 0 aromatic heterocycles. The maximum absolute atomic E-state index is 13.1. The normalized spacial score (nSPS) is 36.6. The highest BCUT2D eigenvalue weighted by molar-refractivity contribution is 6.67. The monoisotopic (exact) mass is 487 g/mol. The maximum atomic E-state index is 13.1. The van der Waals surface area contributed by atoms with Crippen molar-refractivity contribution in [3.05, 3.63) is 39.9 Å². The van der Waals surface area contributed by atoms with Crippen molar-refractivity contribution in [2.75, 3.05) is 4.90 Å². The second kappa shape index (κ2) is 5.68. The number of carbonyl (C=O) groups excluding carboxylic acids is 2. The summed E-state index contributed by atoms with van der Waals surface area (Å²) in [5.74, 6) is -5.21. The fraction of sp³-hybridized carbons (Fsp3) is 0.312. The highest BCUT2D eigenvalue weighted by atomic mass is 35.5. The van der Waals surface area contributed by atoms with Crippen molar-refractivity contribution in [1.82, 2.24) is 0 Å². The molecular formula is C16H7Cl6NO4. The van der Waals surface area contributed by atoms with E-state index in [1.807, 2.05) is 0 Å². The molecule has 4 atom stereocenters. The number of nitrogens with zero attached hydrogens (tertiary/aromatic N) is 1.